The molecule has 2 aromatic carbocycles. The van der Waals surface area contributed by atoms with Gasteiger partial charge in [0.1, 0.15) is 0 Å². The van der Waals surface area contributed by atoms with Crippen molar-refractivity contribution in [1.29, 1.82) is 0 Å². The highest BCUT2D eigenvalue weighted by Gasteiger charge is 2.26. The van der Waals surface area contributed by atoms with Gasteiger partial charge in [-0.15, -0.1) is 0 Å². The number of carbonyl (C=O) groups excluding carboxylic acids is 1. The third kappa shape index (κ3) is 3.42. The fourth-order valence-corrected chi connectivity index (χ4v) is 5.00. The maximum Gasteiger partial charge on any atom is 0.333 e. The molecule has 0 radical (unpaired) electrons. The Morgan fingerprint density at radius 1 is 1.04 bits per heavy atom. The molecule has 0 atom stereocenters. The summed E-state index contributed by atoms with van der Waals surface area (Å²) in [6.45, 7) is 0. The number of nitrogens with zero attached hydrogens (tertiary/aromatic N) is 3. The van der Waals surface area contributed by atoms with Gasteiger partial charge in [0.2, 0.25) is 0 Å². The quantitative estimate of drug-likeness (QED) is 0.458. The van der Waals surface area contributed by atoms with E-state index in [4.69, 9.17) is 5.53 Å². The molecule has 2 amide bonds. The number of carbonyl (C=O) groups is 1. The fraction of sp³-hybridized carbons (Fsp3) is 0.316. The summed E-state index contributed by atoms with van der Waals surface area (Å²) in [6.07, 6.45) is 5.84. The molecular formula is C19H19N5O3S. The highest BCUT2D eigenvalue weighted by Crippen LogP contribution is 2.38. The van der Waals surface area contributed by atoms with E-state index in [-0.39, 0.29) is 10.6 Å². The zero-order valence-corrected chi connectivity index (χ0v) is 15.9. The number of hydrogen-bond acceptors (Lipinski definition) is 4. The predicted octanol–water partition coefficient (Wildman–Crippen LogP) is 4.12. The second-order valence-electron chi connectivity index (χ2n) is 6.98. The molecule has 0 heterocycles. The van der Waals surface area contributed by atoms with Crippen molar-refractivity contribution >= 4 is 27.4 Å². The number of nitrogens with one attached hydrogen (secondary N) is 2. The third-order valence-electron chi connectivity index (χ3n) is 5.23. The van der Waals surface area contributed by atoms with Crippen LogP contribution in [0.15, 0.2) is 40.3 Å². The molecule has 2 N–H and O–H groups in total. The summed E-state index contributed by atoms with van der Waals surface area (Å²) < 4.78 is 27.2. The van der Waals surface area contributed by atoms with Gasteiger partial charge in [-0.05, 0) is 78.4 Å². The molecule has 2 aromatic rings. The summed E-state index contributed by atoms with van der Waals surface area (Å²) in [6, 6.07) is 6.94. The Labute approximate surface area is 162 Å². The van der Waals surface area contributed by atoms with Crippen molar-refractivity contribution in [3.8, 4) is 0 Å². The van der Waals surface area contributed by atoms with Crippen LogP contribution in [-0.2, 0) is 35.7 Å². The van der Waals surface area contributed by atoms with Crippen molar-refractivity contribution < 1.29 is 13.2 Å². The van der Waals surface area contributed by atoms with Gasteiger partial charge in [-0.2, -0.15) is 0 Å². The van der Waals surface area contributed by atoms with E-state index in [9.17, 15) is 13.2 Å². The van der Waals surface area contributed by atoms with Crippen LogP contribution in [0.5, 0.6) is 0 Å². The molecule has 2 aliphatic carbocycles. The maximum absolute atomic E-state index is 12.6. The van der Waals surface area contributed by atoms with Crippen molar-refractivity contribution in [1.82, 2.24) is 4.72 Å². The maximum atomic E-state index is 12.6. The number of urea groups is 1. The van der Waals surface area contributed by atoms with Gasteiger partial charge in [-0.1, -0.05) is 23.3 Å². The Morgan fingerprint density at radius 2 is 1.71 bits per heavy atom. The molecule has 0 saturated carbocycles. The fourth-order valence-electron chi connectivity index (χ4n) is 4.05. The first kappa shape index (κ1) is 18.3. The second-order valence-corrected chi connectivity index (χ2v) is 8.66. The first-order valence-electron chi connectivity index (χ1n) is 9.13. The molecule has 0 aromatic heterocycles. The first-order valence-corrected chi connectivity index (χ1v) is 10.6. The van der Waals surface area contributed by atoms with Crippen LogP contribution in [0.2, 0.25) is 0 Å². The number of anilines is 1. The number of azide groups is 1. The lowest BCUT2D eigenvalue weighted by Gasteiger charge is -2.16. The van der Waals surface area contributed by atoms with Crippen LogP contribution in [0.3, 0.4) is 0 Å². The summed E-state index contributed by atoms with van der Waals surface area (Å²) >= 11 is 0. The summed E-state index contributed by atoms with van der Waals surface area (Å²) in [5, 5.41) is 6.19. The smallest absolute Gasteiger partial charge is 0.307 e. The van der Waals surface area contributed by atoms with Crippen molar-refractivity contribution in [2.75, 3.05) is 5.32 Å². The molecule has 28 heavy (non-hydrogen) atoms. The summed E-state index contributed by atoms with van der Waals surface area (Å²) in [4.78, 5) is 15.0. The van der Waals surface area contributed by atoms with Crippen LogP contribution in [0.25, 0.3) is 10.4 Å². The van der Waals surface area contributed by atoms with E-state index in [0.717, 1.165) is 55.3 Å². The molecule has 144 valence electrons. The Morgan fingerprint density at radius 3 is 2.36 bits per heavy atom. The molecule has 0 aliphatic heterocycles. The van der Waals surface area contributed by atoms with Crippen LogP contribution in [0.1, 0.15) is 35.1 Å². The summed E-state index contributed by atoms with van der Waals surface area (Å²) in [7, 11) is -4.09. The molecule has 0 bridgehead atoms. The number of hydrogen-bond donors (Lipinski definition) is 2. The van der Waals surface area contributed by atoms with E-state index in [1.165, 1.54) is 35.4 Å². The van der Waals surface area contributed by atoms with Gasteiger partial charge < -0.3 is 5.32 Å². The SMILES string of the molecule is [N-]=[N+]=Nc1cccc(S(=O)(=O)NC(=O)Nc2c3c(cc4c2CCC4)CCC3)c1. The van der Waals surface area contributed by atoms with Crippen LogP contribution < -0.4 is 10.0 Å². The van der Waals surface area contributed by atoms with Gasteiger partial charge in [0, 0.05) is 16.3 Å². The van der Waals surface area contributed by atoms with E-state index in [1.54, 1.807) is 0 Å². The number of amides is 2. The zero-order valence-electron chi connectivity index (χ0n) is 15.1. The lowest BCUT2D eigenvalue weighted by Crippen LogP contribution is -2.35. The minimum Gasteiger partial charge on any atom is -0.307 e. The minimum absolute atomic E-state index is 0.143. The van der Waals surface area contributed by atoms with Crippen molar-refractivity contribution in [2.24, 2.45) is 5.11 Å². The Balaban J connectivity index is 1.59. The highest BCUT2D eigenvalue weighted by atomic mass is 32.2. The molecule has 8 nitrogen and oxygen atoms in total. The van der Waals surface area contributed by atoms with E-state index < -0.39 is 16.1 Å². The zero-order chi connectivity index (χ0) is 19.7. The van der Waals surface area contributed by atoms with Crippen LogP contribution in [0.4, 0.5) is 16.2 Å². The lowest BCUT2D eigenvalue weighted by atomic mass is 9.99. The van der Waals surface area contributed by atoms with Gasteiger partial charge >= 0.3 is 6.03 Å². The molecule has 4 rings (SSSR count). The van der Waals surface area contributed by atoms with E-state index in [0.29, 0.717) is 0 Å². The van der Waals surface area contributed by atoms with Gasteiger partial charge in [0.05, 0.1) is 4.90 Å². The predicted molar refractivity (Wildman–Crippen MR) is 105 cm³/mol. The van der Waals surface area contributed by atoms with Gasteiger partial charge in [-0.3, -0.25) is 0 Å². The molecule has 0 unspecified atom stereocenters. The van der Waals surface area contributed by atoms with Crippen LogP contribution in [-0.4, -0.2) is 14.4 Å². The largest absolute Gasteiger partial charge is 0.333 e. The average Bonchev–Trinajstić information content (AvgIpc) is 3.30. The Bertz CT molecular complexity index is 1090. The van der Waals surface area contributed by atoms with E-state index in [2.05, 4.69) is 26.1 Å². The molecule has 2 aliphatic rings. The van der Waals surface area contributed by atoms with Crippen molar-refractivity contribution in [3.63, 3.8) is 0 Å². The first-order chi connectivity index (χ1) is 13.5. The monoisotopic (exact) mass is 397 g/mol. The van der Waals surface area contributed by atoms with Crippen molar-refractivity contribution in [3.05, 3.63) is 63.0 Å². The molecule has 0 saturated heterocycles. The molecular weight excluding hydrogens is 378 g/mol. The molecule has 0 fully saturated rings. The summed E-state index contributed by atoms with van der Waals surface area (Å²) in [5.41, 5.74) is 14.2. The number of aryl methyl sites for hydroxylation is 2. The second kappa shape index (κ2) is 7.18. The summed E-state index contributed by atoms with van der Waals surface area (Å²) in [5.74, 6) is 0. The Hall–Kier alpha value is -3.03. The highest BCUT2D eigenvalue weighted by molar-refractivity contribution is 7.90. The number of benzene rings is 2. The Kier molecular flexibility index (Phi) is 4.70. The molecule has 9 heteroatoms. The van der Waals surface area contributed by atoms with E-state index in [1.807, 2.05) is 0 Å². The number of fused-ring (bicyclic) bond motifs is 2. The van der Waals surface area contributed by atoms with Crippen LogP contribution >= 0.6 is 0 Å². The standard InChI is InChI=1S/C19H19N5O3S/c20-24-22-14-6-3-7-15(11-14)28(26,27)23-19(25)21-18-16-8-1-4-12(16)10-13-5-2-9-17(13)18/h3,6-7,10-11H,1-2,4-5,8-9H2,(H2,21,23,25). The van der Waals surface area contributed by atoms with Crippen molar-refractivity contribution in [2.45, 2.75) is 43.4 Å². The number of sulfonamides is 1. The third-order valence-corrected chi connectivity index (χ3v) is 6.56. The van der Waals surface area contributed by atoms with E-state index >= 15 is 0 Å². The van der Waals surface area contributed by atoms with Gasteiger partial charge in [-0.25, -0.2) is 17.9 Å². The molecule has 0 spiro atoms. The normalized spacial score (nSPS) is 14.7. The number of rotatable bonds is 4. The lowest BCUT2D eigenvalue weighted by molar-refractivity contribution is 0.256. The minimum atomic E-state index is -4.09. The van der Waals surface area contributed by atoms with Gasteiger partial charge in [0.15, 0.2) is 0 Å². The van der Waals surface area contributed by atoms with Crippen LogP contribution in [0, 0.1) is 0 Å². The van der Waals surface area contributed by atoms with Gasteiger partial charge in [0.25, 0.3) is 10.0 Å². The topological polar surface area (TPSA) is 124 Å². The average molecular weight is 397 g/mol.